The van der Waals surface area contributed by atoms with E-state index in [9.17, 15) is 9.59 Å². The van der Waals surface area contributed by atoms with E-state index in [1.165, 1.54) is 19.3 Å². The maximum atomic E-state index is 13.4. The molecule has 0 radical (unpaired) electrons. The summed E-state index contributed by atoms with van der Waals surface area (Å²) in [6.07, 6.45) is 11.8. The predicted molar refractivity (Wildman–Crippen MR) is 96.6 cm³/mol. The zero-order chi connectivity index (χ0) is 17.7. The van der Waals surface area contributed by atoms with Crippen molar-refractivity contribution in [2.75, 3.05) is 6.54 Å². The number of amides is 2. The molecule has 1 aromatic heterocycles. The van der Waals surface area contributed by atoms with Crippen molar-refractivity contribution in [1.82, 2.24) is 20.0 Å². The van der Waals surface area contributed by atoms with Crippen LogP contribution in [-0.4, -0.2) is 45.1 Å². The number of rotatable bonds is 4. The van der Waals surface area contributed by atoms with E-state index in [-0.39, 0.29) is 29.8 Å². The van der Waals surface area contributed by atoms with Crippen LogP contribution in [0.2, 0.25) is 0 Å². The van der Waals surface area contributed by atoms with Crippen LogP contribution in [0.3, 0.4) is 0 Å². The van der Waals surface area contributed by atoms with E-state index in [4.69, 9.17) is 0 Å². The molecule has 140 valence electrons. The molecule has 4 fully saturated rings. The van der Waals surface area contributed by atoms with Gasteiger partial charge in [0.05, 0.1) is 12.1 Å². The van der Waals surface area contributed by atoms with Crippen molar-refractivity contribution < 1.29 is 9.59 Å². The Bertz CT molecular complexity index is 706. The number of likely N-dealkylation sites (tertiary alicyclic amines) is 1. The summed E-state index contributed by atoms with van der Waals surface area (Å²) in [5.74, 6) is 0.944. The van der Waals surface area contributed by atoms with Crippen molar-refractivity contribution in [2.45, 2.75) is 75.9 Å². The Morgan fingerprint density at radius 3 is 2.58 bits per heavy atom. The SMILES string of the molecule is O=C(NC1CN(C(=O)c2ccnn2C2CCC2)C2CCCCC12)C1CC1. The molecule has 0 bridgehead atoms. The number of carbonyl (C=O) groups is 2. The van der Waals surface area contributed by atoms with E-state index in [0.29, 0.717) is 18.5 Å². The van der Waals surface area contributed by atoms with Crippen LogP contribution >= 0.6 is 0 Å². The second-order valence-corrected chi connectivity index (χ2v) is 8.61. The van der Waals surface area contributed by atoms with Crippen molar-refractivity contribution in [2.24, 2.45) is 11.8 Å². The third-order valence-electron chi connectivity index (χ3n) is 6.94. The van der Waals surface area contributed by atoms with Crippen LogP contribution in [0.4, 0.5) is 0 Å². The van der Waals surface area contributed by atoms with Crippen molar-refractivity contribution in [3.8, 4) is 0 Å². The van der Waals surface area contributed by atoms with Gasteiger partial charge in [-0.3, -0.25) is 14.3 Å². The highest BCUT2D eigenvalue weighted by molar-refractivity contribution is 5.93. The van der Waals surface area contributed by atoms with Gasteiger partial charge in [-0.2, -0.15) is 5.10 Å². The molecule has 1 aromatic rings. The highest BCUT2D eigenvalue weighted by Crippen LogP contribution is 2.39. The molecule has 0 aromatic carbocycles. The zero-order valence-corrected chi connectivity index (χ0v) is 15.3. The smallest absolute Gasteiger partial charge is 0.272 e. The summed E-state index contributed by atoms with van der Waals surface area (Å²) in [4.78, 5) is 27.7. The van der Waals surface area contributed by atoms with Crippen LogP contribution in [0.1, 0.15) is 74.3 Å². The molecular formula is C20H28N4O2. The van der Waals surface area contributed by atoms with Crippen LogP contribution in [-0.2, 0) is 4.79 Å². The molecular weight excluding hydrogens is 328 g/mol. The lowest BCUT2D eigenvalue weighted by Crippen LogP contribution is -2.42. The molecule has 2 amide bonds. The molecule has 6 heteroatoms. The number of nitrogens with zero attached hydrogens (tertiary/aromatic N) is 3. The first-order valence-corrected chi connectivity index (χ1v) is 10.4. The van der Waals surface area contributed by atoms with Gasteiger partial charge in [-0.05, 0) is 51.0 Å². The van der Waals surface area contributed by atoms with Crippen molar-refractivity contribution in [3.05, 3.63) is 18.0 Å². The molecule has 4 aliphatic rings. The fraction of sp³-hybridized carbons (Fsp3) is 0.750. The predicted octanol–water partition coefficient (Wildman–Crippen LogP) is 2.52. The molecule has 1 saturated heterocycles. The number of nitrogens with one attached hydrogen (secondary N) is 1. The lowest BCUT2D eigenvalue weighted by Gasteiger charge is -2.33. The minimum atomic E-state index is 0.106. The van der Waals surface area contributed by atoms with Gasteiger partial charge in [0, 0.05) is 30.6 Å². The quantitative estimate of drug-likeness (QED) is 0.901. The summed E-state index contributed by atoms with van der Waals surface area (Å²) in [6.45, 7) is 0.655. The third-order valence-corrected chi connectivity index (χ3v) is 6.94. The summed E-state index contributed by atoms with van der Waals surface area (Å²) in [5, 5.41) is 7.71. The molecule has 3 aliphatic carbocycles. The van der Waals surface area contributed by atoms with E-state index >= 15 is 0 Å². The second-order valence-electron chi connectivity index (χ2n) is 8.61. The summed E-state index contributed by atoms with van der Waals surface area (Å²) in [7, 11) is 0. The van der Waals surface area contributed by atoms with E-state index in [2.05, 4.69) is 10.4 Å². The van der Waals surface area contributed by atoms with Crippen LogP contribution < -0.4 is 5.32 Å². The number of carbonyl (C=O) groups excluding carboxylic acids is 2. The topological polar surface area (TPSA) is 67.2 Å². The largest absolute Gasteiger partial charge is 0.351 e. The summed E-state index contributed by atoms with van der Waals surface area (Å²) in [6, 6.07) is 2.65. The minimum Gasteiger partial charge on any atom is -0.351 e. The Morgan fingerprint density at radius 1 is 1.04 bits per heavy atom. The summed E-state index contributed by atoms with van der Waals surface area (Å²) < 4.78 is 1.94. The zero-order valence-electron chi connectivity index (χ0n) is 15.3. The van der Waals surface area contributed by atoms with E-state index in [1.807, 2.05) is 15.6 Å². The average molecular weight is 356 g/mol. The Morgan fingerprint density at radius 2 is 1.85 bits per heavy atom. The first-order valence-electron chi connectivity index (χ1n) is 10.4. The lowest BCUT2D eigenvalue weighted by atomic mass is 9.82. The Hall–Kier alpha value is -1.85. The fourth-order valence-electron chi connectivity index (χ4n) is 5.06. The maximum absolute atomic E-state index is 13.4. The standard InChI is InChI=1S/C20H28N4O2/c25-19(13-8-9-13)22-16-12-23(17-7-2-1-6-15(16)17)20(26)18-10-11-21-24(18)14-4-3-5-14/h10-11,13-17H,1-9,12H2,(H,22,25). The molecule has 2 heterocycles. The van der Waals surface area contributed by atoms with Crippen LogP contribution in [0, 0.1) is 11.8 Å². The van der Waals surface area contributed by atoms with Crippen molar-refractivity contribution in [1.29, 1.82) is 0 Å². The molecule has 0 spiro atoms. The highest BCUT2D eigenvalue weighted by Gasteiger charge is 2.47. The normalized spacial score (nSPS) is 31.4. The van der Waals surface area contributed by atoms with Crippen LogP contribution in [0.25, 0.3) is 0 Å². The van der Waals surface area contributed by atoms with Gasteiger partial charge in [-0.1, -0.05) is 12.8 Å². The van der Waals surface area contributed by atoms with Gasteiger partial charge in [0.2, 0.25) is 5.91 Å². The molecule has 5 rings (SSSR count). The fourth-order valence-corrected chi connectivity index (χ4v) is 5.06. The number of hydrogen-bond donors (Lipinski definition) is 1. The highest BCUT2D eigenvalue weighted by atomic mass is 16.2. The summed E-state index contributed by atoms with van der Waals surface area (Å²) in [5.41, 5.74) is 0.730. The van der Waals surface area contributed by atoms with Gasteiger partial charge in [-0.15, -0.1) is 0 Å². The van der Waals surface area contributed by atoms with E-state index in [0.717, 1.165) is 44.2 Å². The Labute approximate surface area is 154 Å². The van der Waals surface area contributed by atoms with Gasteiger partial charge >= 0.3 is 0 Å². The van der Waals surface area contributed by atoms with Crippen molar-refractivity contribution >= 4 is 11.8 Å². The monoisotopic (exact) mass is 356 g/mol. The average Bonchev–Trinajstić information content (AvgIpc) is 3.26. The van der Waals surface area contributed by atoms with Gasteiger partial charge in [0.1, 0.15) is 5.69 Å². The molecule has 1 N–H and O–H groups in total. The first-order chi connectivity index (χ1) is 12.7. The summed E-state index contributed by atoms with van der Waals surface area (Å²) >= 11 is 0. The van der Waals surface area contributed by atoms with Gasteiger partial charge in [-0.25, -0.2) is 0 Å². The maximum Gasteiger partial charge on any atom is 0.272 e. The van der Waals surface area contributed by atoms with Gasteiger partial charge in [0.15, 0.2) is 0 Å². The van der Waals surface area contributed by atoms with Gasteiger partial charge in [0.25, 0.3) is 5.91 Å². The van der Waals surface area contributed by atoms with E-state index in [1.54, 1.807) is 6.20 Å². The number of hydrogen-bond acceptors (Lipinski definition) is 3. The second kappa shape index (κ2) is 6.39. The number of fused-ring (bicyclic) bond motifs is 1. The molecule has 3 unspecified atom stereocenters. The molecule has 6 nitrogen and oxygen atoms in total. The van der Waals surface area contributed by atoms with Gasteiger partial charge < -0.3 is 10.2 Å². The first kappa shape index (κ1) is 16.3. The molecule has 26 heavy (non-hydrogen) atoms. The third kappa shape index (κ3) is 2.74. The van der Waals surface area contributed by atoms with E-state index < -0.39 is 0 Å². The molecule has 1 aliphatic heterocycles. The molecule has 3 atom stereocenters. The Balaban J connectivity index is 1.36. The Kier molecular flexibility index (Phi) is 4.02. The molecule has 3 saturated carbocycles. The van der Waals surface area contributed by atoms with Crippen molar-refractivity contribution in [3.63, 3.8) is 0 Å². The number of aromatic nitrogens is 2. The minimum absolute atomic E-state index is 0.106. The van der Waals surface area contributed by atoms with Crippen LogP contribution in [0.5, 0.6) is 0 Å². The van der Waals surface area contributed by atoms with Crippen LogP contribution in [0.15, 0.2) is 12.3 Å². The lowest BCUT2D eigenvalue weighted by molar-refractivity contribution is -0.123.